The van der Waals surface area contributed by atoms with Crippen molar-refractivity contribution in [2.24, 2.45) is 5.73 Å². The third-order valence-electron chi connectivity index (χ3n) is 3.94. The van der Waals surface area contributed by atoms with E-state index in [-0.39, 0.29) is 11.9 Å². The van der Waals surface area contributed by atoms with Crippen LogP contribution in [0.3, 0.4) is 0 Å². The van der Waals surface area contributed by atoms with Crippen LogP contribution in [0.4, 0.5) is 0 Å². The maximum Gasteiger partial charge on any atom is 0.259 e. The number of para-hydroxylation sites is 1. The summed E-state index contributed by atoms with van der Waals surface area (Å²) in [5.41, 5.74) is 9.40. The summed E-state index contributed by atoms with van der Waals surface area (Å²) in [4.78, 5) is 16.5. The number of amides is 1. The first kappa shape index (κ1) is 14.8. The van der Waals surface area contributed by atoms with Gasteiger partial charge in [0.25, 0.3) is 5.91 Å². The van der Waals surface area contributed by atoms with Crippen molar-refractivity contribution in [3.05, 3.63) is 59.5 Å². The lowest BCUT2D eigenvalue weighted by molar-refractivity contribution is 0.0976. The molecule has 0 aliphatic carbocycles. The van der Waals surface area contributed by atoms with Crippen LogP contribution < -0.4 is 11.1 Å². The number of rotatable bonds is 2. The van der Waals surface area contributed by atoms with Gasteiger partial charge >= 0.3 is 0 Å². The molecular weight excluding hydrogens is 290 g/mol. The molecule has 4 N–H and O–H groups in total. The molecular formula is C17H17N5O. The normalized spacial score (nSPS) is 10.7. The first-order chi connectivity index (χ1) is 11.0. The number of aromatic nitrogens is 2. The molecule has 2 heterocycles. The van der Waals surface area contributed by atoms with E-state index >= 15 is 0 Å². The van der Waals surface area contributed by atoms with Crippen LogP contribution in [0.5, 0.6) is 0 Å². The van der Waals surface area contributed by atoms with Gasteiger partial charge in [-0.05, 0) is 31.5 Å². The highest BCUT2D eigenvalue weighted by molar-refractivity contribution is 6.05. The Hall–Kier alpha value is -3.15. The van der Waals surface area contributed by atoms with Gasteiger partial charge in [0.2, 0.25) is 0 Å². The van der Waals surface area contributed by atoms with E-state index in [1.165, 1.54) is 0 Å². The lowest BCUT2D eigenvalue weighted by Gasteiger charge is -2.09. The van der Waals surface area contributed by atoms with Crippen LogP contribution in [0, 0.1) is 19.3 Å². The summed E-state index contributed by atoms with van der Waals surface area (Å²) in [6, 6.07) is 9.78. The van der Waals surface area contributed by atoms with Gasteiger partial charge in [-0.1, -0.05) is 18.2 Å². The van der Waals surface area contributed by atoms with Gasteiger partial charge in [-0.15, -0.1) is 0 Å². The second-order valence-corrected chi connectivity index (χ2v) is 5.34. The first-order valence-electron chi connectivity index (χ1n) is 7.17. The molecule has 0 saturated heterocycles. The second kappa shape index (κ2) is 5.57. The third kappa shape index (κ3) is 2.55. The highest BCUT2D eigenvalue weighted by atomic mass is 16.1. The van der Waals surface area contributed by atoms with Gasteiger partial charge in [-0.2, -0.15) is 0 Å². The van der Waals surface area contributed by atoms with Gasteiger partial charge in [0.1, 0.15) is 0 Å². The number of fused-ring (bicyclic) bond motifs is 1. The Morgan fingerprint density at radius 2 is 2.00 bits per heavy atom. The number of hydrogen-bond acceptors (Lipinski definition) is 3. The van der Waals surface area contributed by atoms with Crippen molar-refractivity contribution >= 4 is 22.8 Å². The van der Waals surface area contributed by atoms with Crippen LogP contribution in [0.2, 0.25) is 0 Å². The average Bonchev–Trinajstić information content (AvgIpc) is 2.82. The van der Waals surface area contributed by atoms with Gasteiger partial charge < -0.3 is 10.3 Å². The fourth-order valence-corrected chi connectivity index (χ4v) is 2.66. The minimum absolute atomic E-state index is 0.367. The van der Waals surface area contributed by atoms with E-state index in [0.717, 1.165) is 27.8 Å². The first-order valence-corrected chi connectivity index (χ1v) is 7.17. The number of benzene rings is 1. The van der Waals surface area contributed by atoms with Crippen LogP contribution in [0.15, 0.2) is 42.7 Å². The molecule has 0 bridgehead atoms. The zero-order valence-electron chi connectivity index (χ0n) is 12.9. The molecule has 3 rings (SSSR count). The molecule has 6 heteroatoms. The molecule has 0 spiro atoms. The smallest absolute Gasteiger partial charge is 0.259 e. The molecule has 1 amide bonds. The Bertz CT molecular complexity index is 921. The summed E-state index contributed by atoms with van der Waals surface area (Å²) in [5, 5.41) is 10.5. The Morgan fingerprint density at radius 1 is 1.26 bits per heavy atom. The van der Waals surface area contributed by atoms with E-state index in [2.05, 4.69) is 10.3 Å². The van der Waals surface area contributed by atoms with Gasteiger partial charge in [-0.25, -0.2) is 0 Å². The molecule has 23 heavy (non-hydrogen) atoms. The number of pyridine rings is 1. The number of hydrogen-bond donors (Lipinski definition) is 3. The zero-order chi connectivity index (χ0) is 16.6. The second-order valence-electron chi connectivity index (χ2n) is 5.34. The summed E-state index contributed by atoms with van der Waals surface area (Å²) in [6.45, 7) is 3.83. The fraction of sp³-hybridized carbons (Fsp3) is 0.118. The summed E-state index contributed by atoms with van der Waals surface area (Å²) in [6.07, 6.45) is 3.52. The highest BCUT2D eigenvalue weighted by Crippen LogP contribution is 2.25. The van der Waals surface area contributed by atoms with Crippen LogP contribution in [0.25, 0.3) is 16.6 Å². The van der Waals surface area contributed by atoms with E-state index in [9.17, 15) is 4.79 Å². The van der Waals surface area contributed by atoms with Crippen molar-refractivity contribution in [3.63, 3.8) is 0 Å². The van der Waals surface area contributed by atoms with Gasteiger partial charge in [0.05, 0.1) is 16.8 Å². The molecule has 0 aliphatic rings. The maximum absolute atomic E-state index is 12.2. The fourth-order valence-electron chi connectivity index (χ4n) is 2.66. The number of carbonyl (C=O) groups excluding carboxylic acids is 1. The number of nitrogens with zero attached hydrogens (tertiary/aromatic N) is 2. The average molecular weight is 307 g/mol. The van der Waals surface area contributed by atoms with Crippen molar-refractivity contribution in [1.29, 1.82) is 5.41 Å². The van der Waals surface area contributed by atoms with Crippen molar-refractivity contribution in [1.82, 2.24) is 14.9 Å². The maximum atomic E-state index is 12.2. The van der Waals surface area contributed by atoms with Crippen molar-refractivity contribution in [3.8, 4) is 5.69 Å². The monoisotopic (exact) mass is 307 g/mol. The van der Waals surface area contributed by atoms with Crippen LogP contribution in [-0.4, -0.2) is 21.4 Å². The largest absolute Gasteiger partial charge is 0.370 e. The molecule has 2 aromatic heterocycles. The Balaban J connectivity index is 2.17. The quantitative estimate of drug-likeness (QED) is 0.500. The van der Waals surface area contributed by atoms with Gasteiger partial charge in [0, 0.05) is 23.5 Å². The van der Waals surface area contributed by atoms with E-state index in [0.29, 0.717) is 5.56 Å². The third-order valence-corrected chi connectivity index (χ3v) is 3.94. The molecule has 0 atom stereocenters. The van der Waals surface area contributed by atoms with E-state index < -0.39 is 0 Å². The lowest BCUT2D eigenvalue weighted by Crippen LogP contribution is -2.35. The molecule has 1 aromatic carbocycles. The minimum atomic E-state index is -0.379. The Kier molecular flexibility index (Phi) is 3.57. The zero-order valence-corrected chi connectivity index (χ0v) is 12.9. The van der Waals surface area contributed by atoms with Gasteiger partial charge in [-0.3, -0.25) is 20.5 Å². The van der Waals surface area contributed by atoms with Crippen molar-refractivity contribution < 1.29 is 4.79 Å². The molecule has 0 radical (unpaired) electrons. The van der Waals surface area contributed by atoms with Crippen molar-refractivity contribution in [2.45, 2.75) is 13.8 Å². The predicted octanol–water partition coefficient (Wildman–Crippen LogP) is 2.27. The topological polar surface area (TPSA) is 96.8 Å². The molecule has 0 unspecified atom stereocenters. The molecule has 6 nitrogen and oxygen atoms in total. The molecule has 0 saturated carbocycles. The van der Waals surface area contributed by atoms with Crippen LogP contribution >= 0.6 is 0 Å². The molecule has 3 aromatic rings. The van der Waals surface area contributed by atoms with Gasteiger partial charge in [0.15, 0.2) is 5.96 Å². The highest BCUT2D eigenvalue weighted by Gasteiger charge is 2.17. The van der Waals surface area contributed by atoms with E-state index in [4.69, 9.17) is 11.1 Å². The lowest BCUT2D eigenvalue weighted by atomic mass is 10.1. The number of guanidine groups is 1. The molecule has 0 aliphatic heterocycles. The van der Waals surface area contributed by atoms with Crippen LogP contribution in [0.1, 0.15) is 21.6 Å². The van der Waals surface area contributed by atoms with Crippen molar-refractivity contribution in [2.75, 3.05) is 0 Å². The SMILES string of the molecule is Cc1c(C(=O)NC(=N)N)cn(-c2ccnc3ccccc23)c1C. The summed E-state index contributed by atoms with van der Waals surface area (Å²) >= 11 is 0. The number of nitrogens with one attached hydrogen (secondary N) is 2. The van der Waals surface area contributed by atoms with E-state index in [1.54, 1.807) is 12.4 Å². The standard InChI is InChI=1S/C17H17N5O/c1-10-11(2)22(9-13(10)16(23)21-17(18)19)15-7-8-20-14-6-4-3-5-12(14)15/h3-9H,1-2H3,(H4,18,19,21,23). The summed E-state index contributed by atoms with van der Waals surface area (Å²) in [5.74, 6) is -0.746. The number of carbonyl (C=O) groups is 1. The number of nitrogens with two attached hydrogens (primary N) is 1. The van der Waals surface area contributed by atoms with E-state index in [1.807, 2.05) is 48.7 Å². The minimum Gasteiger partial charge on any atom is -0.370 e. The molecule has 0 fully saturated rings. The molecule has 116 valence electrons. The van der Waals surface area contributed by atoms with Crippen LogP contribution in [-0.2, 0) is 0 Å². The summed E-state index contributed by atoms with van der Waals surface area (Å²) < 4.78 is 1.97. The Morgan fingerprint density at radius 3 is 2.74 bits per heavy atom. The summed E-state index contributed by atoms with van der Waals surface area (Å²) in [7, 11) is 0. The predicted molar refractivity (Wildman–Crippen MR) is 89.9 cm³/mol. The Labute approximate surface area is 133 Å².